The van der Waals surface area contributed by atoms with Gasteiger partial charge in [0.15, 0.2) is 11.5 Å². The summed E-state index contributed by atoms with van der Waals surface area (Å²) < 4.78 is 11.1. The minimum absolute atomic E-state index is 0.322. The molecule has 1 amide bonds. The summed E-state index contributed by atoms with van der Waals surface area (Å²) in [5, 5.41) is 5.17. The van der Waals surface area contributed by atoms with Gasteiger partial charge in [-0.15, -0.1) is 0 Å². The molecule has 2 aromatic carbocycles. The third kappa shape index (κ3) is 3.21. The minimum Gasteiger partial charge on any atom is -0.486 e. The first-order chi connectivity index (χ1) is 12.7. The van der Waals surface area contributed by atoms with Gasteiger partial charge in [-0.2, -0.15) is 5.10 Å². The first-order valence-corrected chi connectivity index (χ1v) is 8.31. The minimum atomic E-state index is -0.354. The lowest BCUT2D eigenvalue weighted by molar-refractivity contribution is 0.0950. The Morgan fingerprint density at radius 2 is 1.85 bits per heavy atom. The van der Waals surface area contributed by atoms with Gasteiger partial charge in [-0.3, -0.25) is 4.79 Å². The highest BCUT2D eigenvalue weighted by Gasteiger charge is 2.13. The van der Waals surface area contributed by atoms with Gasteiger partial charge in [-0.05, 0) is 37.3 Å². The average Bonchev–Trinajstić information content (AvgIpc) is 2.71. The first-order valence-electron chi connectivity index (χ1n) is 8.31. The van der Waals surface area contributed by atoms with Crippen molar-refractivity contribution in [3.63, 3.8) is 0 Å². The summed E-state index contributed by atoms with van der Waals surface area (Å²) in [5.41, 5.74) is 5.16. The van der Waals surface area contributed by atoms with E-state index in [1.165, 1.54) is 0 Å². The maximum Gasteiger partial charge on any atom is 0.289 e. The van der Waals surface area contributed by atoms with Crippen LogP contribution >= 0.6 is 0 Å². The third-order valence-electron chi connectivity index (χ3n) is 4.12. The Balaban J connectivity index is 1.51. The monoisotopic (exact) mass is 347 g/mol. The van der Waals surface area contributed by atoms with Crippen LogP contribution in [0.5, 0.6) is 11.5 Å². The van der Waals surface area contributed by atoms with Crippen LogP contribution in [-0.4, -0.2) is 29.8 Å². The third-order valence-corrected chi connectivity index (χ3v) is 4.12. The summed E-state index contributed by atoms with van der Waals surface area (Å²) in [6.45, 7) is 2.89. The number of hydrazone groups is 1. The molecule has 6 nitrogen and oxygen atoms in total. The molecule has 0 aliphatic carbocycles. The lowest BCUT2D eigenvalue weighted by Gasteiger charge is -2.18. The highest BCUT2D eigenvalue weighted by molar-refractivity contribution is 6.01. The van der Waals surface area contributed by atoms with Crippen molar-refractivity contribution in [3.05, 3.63) is 65.9 Å². The molecule has 26 heavy (non-hydrogen) atoms. The molecule has 0 saturated carbocycles. The molecule has 1 aromatic heterocycles. The quantitative estimate of drug-likeness (QED) is 0.583. The summed E-state index contributed by atoms with van der Waals surface area (Å²) in [5.74, 6) is 1.05. The molecular weight excluding hydrogens is 330 g/mol. The molecule has 1 N–H and O–H groups in total. The summed E-state index contributed by atoms with van der Waals surface area (Å²) in [6, 6.07) is 16.8. The fourth-order valence-electron chi connectivity index (χ4n) is 2.72. The molecule has 0 saturated heterocycles. The predicted octanol–water partition coefficient (Wildman–Crippen LogP) is 3.16. The number of ether oxygens (including phenoxy) is 2. The van der Waals surface area contributed by atoms with Crippen molar-refractivity contribution in [2.24, 2.45) is 5.10 Å². The molecule has 3 aromatic rings. The van der Waals surface area contributed by atoms with E-state index in [0.29, 0.717) is 30.4 Å². The Morgan fingerprint density at radius 3 is 2.73 bits per heavy atom. The number of benzene rings is 2. The molecule has 0 fully saturated rings. The molecule has 130 valence electrons. The fourth-order valence-corrected chi connectivity index (χ4v) is 2.72. The van der Waals surface area contributed by atoms with Crippen molar-refractivity contribution in [1.82, 2.24) is 10.4 Å². The maximum absolute atomic E-state index is 12.3. The van der Waals surface area contributed by atoms with E-state index in [4.69, 9.17) is 9.47 Å². The number of carbonyl (C=O) groups is 1. The van der Waals surface area contributed by atoms with Crippen LogP contribution in [-0.2, 0) is 0 Å². The number of rotatable bonds is 3. The summed E-state index contributed by atoms with van der Waals surface area (Å²) in [7, 11) is 0. The Morgan fingerprint density at radius 1 is 1.04 bits per heavy atom. The highest BCUT2D eigenvalue weighted by atomic mass is 16.6. The highest BCUT2D eigenvalue weighted by Crippen LogP contribution is 2.30. The zero-order valence-corrected chi connectivity index (χ0v) is 14.2. The lowest BCUT2D eigenvalue weighted by Crippen LogP contribution is -2.20. The topological polar surface area (TPSA) is 72.8 Å². The number of carbonyl (C=O) groups excluding carboxylic acids is 1. The summed E-state index contributed by atoms with van der Waals surface area (Å²) >= 11 is 0. The van der Waals surface area contributed by atoms with Crippen molar-refractivity contribution >= 4 is 22.5 Å². The van der Waals surface area contributed by atoms with Gasteiger partial charge >= 0.3 is 0 Å². The molecule has 0 radical (unpaired) electrons. The first kappa shape index (κ1) is 16.1. The van der Waals surface area contributed by atoms with Crippen LogP contribution in [0.4, 0.5) is 0 Å². The molecule has 4 rings (SSSR count). The van der Waals surface area contributed by atoms with Gasteiger partial charge in [-0.25, -0.2) is 10.4 Å². The number of nitrogens with one attached hydrogen (secondary N) is 1. The van der Waals surface area contributed by atoms with Crippen LogP contribution in [0.25, 0.3) is 10.9 Å². The second kappa shape index (κ2) is 6.84. The van der Waals surface area contributed by atoms with Gasteiger partial charge < -0.3 is 9.47 Å². The molecule has 0 bridgehead atoms. The van der Waals surface area contributed by atoms with E-state index < -0.39 is 0 Å². The Labute approximate surface area is 150 Å². The van der Waals surface area contributed by atoms with E-state index in [1.54, 1.807) is 6.07 Å². The molecule has 0 atom stereocenters. The van der Waals surface area contributed by atoms with Crippen LogP contribution in [0.3, 0.4) is 0 Å². The van der Waals surface area contributed by atoms with E-state index in [-0.39, 0.29) is 5.91 Å². The molecular formula is C20H17N3O3. The average molecular weight is 347 g/mol. The van der Waals surface area contributed by atoms with E-state index in [0.717, 1.165) is 22.2 Å². The number of pyridine rings is 1. The van der Waals surface area contributed by atoms with Crippen molar-refractivity contribution in [2.45, 2.75) is 6.92 Å². The second-order valence-corrected chi connectivity index (χ2v) is 5.89. The molecule has 2 heterocycles. The number of hydrogen-bond acceptors (Lipinski definition) is 5. The van der Waals surface area contributed by atoms with Crippen molar-refractivity contribution < 1.29 is 14.3 Å². The Bertz CT molecular complexity index is 1010. The molecule has 0 unspecified atom stereocenters. The van der Waals surface area contributed by atoms with Crippen LogP contribution in [0, 0.1) is 0 Å². The number of hydrogen-bond donors (Lipinski definition) is 1. The fraction of sp³-hybridized carbons (Fsp3) is 0.150. The Hall–Kier alpha value is -3.41. The molecule has 0 spiro atoms. The summed E-state index contributed by atoms with van der Waals surface area (Å²) in [4.78, 5) is 16.7. The van der Waals surface area contributed by atoms with Crippen LogP contribution in [0.2, 0.25) is 0 Å². The van der Waals surface area contributed by atoms with E-state index >= 15 is 0 Å². The maximum atomic E-state index is 12.3. The van der Waals surface area contributed by atoms with Crippen LogP contribution < -0.4 is 14.9 Å². The number of fused-ring (bicyclic) bond motifs is 2. The summed E-state index contributed by atoms with van der Waals surface area (Å²) in [6.07, 6.45) is 0. The number of para-hydroxylation sites is 1. The number of amides is 1. The predicted molar refractivity (Wildman–Crippen MR) is 98.9 cm³/mol. The van der Waals surface area contributed by atoms with Gasteiger partial charge in [0.2, 0.25) is 0 Å². The Kier molecular flexibility index (Phi) is 4.23. The van der Waals surface area contributed by atoms with E-state index in [2.05, 4.69) is 15.5 Å². The molecule has 1 aliphatic rings. The largest absolute Gasteiger partial charge is 0.486 e. The van der Waals surface area contributed by atoms with E-state index in [9.17, 15) is 4.79 Å². The second-order valence-electron chi connectivity index (χ2n) is 5.89. The SMILES string of the molecule is C/C(=N\NC(=O)c1ccc2ccccc2n1)c1ccc2c(c1)OCCO2. The molecule has 6 heteroatoms. The van der Waals surface area contributed by atoms with Crippen LogP contribution in [0.1, 0.15) is 23.0 Å². The zero-order valence-electron chi connectivity index (χ0n) is 14.2. The van der Waals surface area contributed by atoms with Crippen molar-refractivity contribution in [2.75, 3.05) is 13.2 Å². The van der Waals surface area contributed by atoms with Gasteiger partial charge in [0.25, 0.3) is 5.91 Å². The molecule has 1 aliphatic heterocycles. The normalized spacial score (nSPS) is 13.5. The number of aromatic nitrogens is 1. The smallest absolute Gasteiger partial charge is 0.289 e. The van der Waals surface area contributed by atoms with Gasteiger partial charge in [0.1, 0.15) is 18.9 Å². The van der Waals surface area contributed by atoms with Gasteiger partial charge in [0, 0.05) is 10.9 Å². The zero-order chi connectivity index (χ0) is 17.9. The van der Waals surface area contributed by atoms with Gasteiger partial charge in [-0.1, -0.05) is 24.3 Å². The van der Waals surface area contributed by atoms with Crippen molar-refractivity contribution in [1.29, 1.82) is 0 Å². The van der Waals surface area contributed by atoms with E-state index in [1.807, 2.05) is 55.5 Å². The number of nitrogens with zero attached hydrogens (tertiary/aromatic N) is 2. The van der Waals surface area contributed by atoms with Gasteiger partial charge in [0.05, 0.1) is 11.2 Å². The van der Waals surface area contributed by atoms with Crippen LogP contribution in [0.15, 0.2) is 59.7 Å². The standard InChI is InChI=1S/C20H17N3O3/c1-13(15-7-9-18-19(12-15)26-11-10-25-18)22-23-20(24)17-8-6-14-4-2-3-5-16(14)21-17/h2-9,12H,10-11H2,1H3,(H,23,24)/b22-13+. The lowest BCUT2D eigenvalue weighted by atomic mass is 10.1. The van der Waals surface area contributed by atoms with Crippen molar-refractivity contribution in [3.8, 4) is 11.5 Å².